The van der Waals surface area contributed by atoms with E-state index >= 15 is 0 Å². The van der Waals surface area contributed by atoms with Crippen LogP contribution >= 0.6 is 0 Å². The van der Waals surface area contributed by atoms with Gasteiger partial charge in [0.25, 0.3) is 0 Å². The second-order valence-electron chi connectivity index (χ2n) is 3.40. The summed E-state index contributed by atoms with van der Waals surface area (Å²) in [5, 5.41) is 8.66. The van der Waals surface area contributed by atoms with Gasteiger partial charge in [0.05, 0.1) is 12.5 Å². The van der Waals surface area contributed by atoms with Gasteiger partial charge in [-0.05, 0) is 6.42 Å². The molecule has 1 atom stereocenters. The molecular formula is C9H11N5O2. The van der Waals surface area contributed by atoms with Crippen LogP contribution in [0.4, 0.5) is 0 Å². The van der Waals surface area contributed by atoms with Crippen LogP contribution in [0.1, 0.15) is 6.42 Å². The number of nitrogens with two attached hydrogens (primary N) is 1. The van der Waals surface area contributed by atoms with E-state index in [0.29, 0.717) is 24.5 Å². The van der Waals surface area contributed by atoms with Crippen LogP contribution in [0.3, 0.4) is 0 Å². The Morgan fingerprint density at radius 1 is 1.56 bits per heavy atom. The van der Waals surface area contributed by atoms with Crippen molar-refractivity contribution in [1.82, 2.24) is 19.5 Å². The zero-order valence-electron chi connectivity index (χ0n) is 8.45. The van der Waals surface area contributed by atoms with Gasteiger partial charge in [0.15, 0.2) is 5.82 Å². The van der Waals surface area contributed by atoms with Crippen LogP contribution in [0.25, 0.3) is 11.5 Å². The zero-order valence-corrected chi connectivity index (χ0v) is 8.45. The first-order chi connectivity index (χ1) is 7.68. The number of aryl methyl sites for hydroxylation is 1. The van der Waals surface area contributed by atoms with E-state index in [0.717, 1.165) is 0 Å². The van der Waals surface area contributed by atoms with Gasteiger partial charge >= 0.3 is 5.97 Å². The molecule has 16 heavy (non-hydrogen) atoms. The number of carbonyl (C=O) groups is 1. The average molecular weight is 221 g/mol. The summed E-state index contributed by atoms with van der Waals surface area (Å²) >= 11 is 0. The molecule has 0 radical (unpaired) electrons. The van der Waals surface area contributed by atoms with Crippen LogP contribution in [0.15, 0.2) is 18.9 Å². The molecule has 0 fully saturated rings. The van der Waals surface area contributed by atoms with Gasteiger partial charge in [0, 0.05) is 6.54 Å². The first-order valence-corrected chi connectivity index (χ1v) is 4.77. The van der Waals surface area contributed by atoms with Crippen molar-refractivity contribution >= 4 is 5.97 Å². The van der Waals surface area contributed by atoms with Crippen molar-refractivity contribution in [2.75, 3.05) is 0 Å². The van der Waals surface area contributed by atoms with Gasteiger partial charge in [-0.2, -0.15) is 0 Å². The molecule has 84 valence electrons. The van der Waals surface area contributed by atoms with Gasteiger partial charge in [-0.15, -0.1) is 0 Å². The zero-order chi connectivity index (χ0) is 11.5. The topological polar surface area (TPSA) is 107 Å². The third-order valence-electron chi connectivity index (χ3n) is 2.28. The molecule has 7 nitrogen and oxygen atoms in total. The summed E-state index contributed by atoms with van der Waals surface area (Å²) in [7, 11) is 0. The lowest BCUT2D eigenvalue weighted by Crippen LogP contribution is -2.31. The van der Waals surface area contributed by atoms with Crippen LogP contribution < -0.4 is 5.73 Å². The number of carboxylic acids is 1. The molecule has 7 heteroatoms. The summed E-state index contributed by atoms with van der Waals surface area (Å²) in [6.07, 6.45) is 4.97. The maximum absolute atomic E-state index is 10.6. The lowest BCUT2D eigenvalue weighted by atomic mass is 10.2. The molecule has 0 bridgehead atoms. The highest BCUT2D eigenvalue weighted by Gasteiger charge is 2.14. The summed E-state index contributed by atoms with van der Waals surface area (Å²) in [5.41, 5.74) is 6.10. The molecule has 2 aliphatic heterocycles. The van der Waals surface area contributed by atoms with Crippen molar-refractivity contribution < 1.29 is 9.90 Å². The number of imidazole rings is 1. The maximum Gasteiger partial charge on any atom is 0.320 e. The van der Waals surface area contributed by atoms with Crippen molar-refractivity contribution in [2.45, 2.75) is 19.0 Å². The number of rotatable bonds is 4. The molecule has 0 aromatic heterocycles. The molecule has 2 aliphatic rings. The maximum atomic E-state index is 10.6. The summed E-state index contributed by atoms with van der Waals surface area (Å²) in [5.74, 6) is -0.318. The smallest absolute Gasteiger partial charge is 0.320 e. The van der Waals surface area contributed by atoms with E-state index in [2.05, 4.69) is 15.0 Å². The lowest BCUT2D eigenvalue weighted by Gasteiger charge is -2.11. The van der Waals surface area contributed by atoms with Crippen LogP contribution in [-0.2, 0) is 11.3 Å². The fraction of sp³-hybridized carbons (Fsp3) is 0.333. The number of aliphatic carboxylic acids is 1. The molecule has 2 heterocycles. The number of nitrogens with zero attached hydrogens (tertiary/aromatic N) is 4. The Morgan fingerprint density at radius 3 is 3.12 bits per heavy atom. The predicted molar refractivity (Wildman–Crippen MR) is 54.7 cm³/mol. The Morgan fingerprint density at radius 2 is 2.38 bits per heavy atom. The van der Waals surface area contributed by atoms with E-state index in [-0.39, 0.29) is 0 Å². The van der Waals surface area contributed by atoms with Gasteiger partial charge in [0.1, 0.15) is 18.1 Å². The summed E-state index contributed by atoms with van der Waals surface area (Å²) < 4.78 is 1.74. The van der Waals surface area contributed by atoms with E-state index in [4.69, 9.17) is 10.8 Å². The lowest BCUT2D eigenvalue weighted by molar-refractivity contribution is -0.138. The SMILES string of the molecule is NC(CCn1cncc2ncnc1-2)C(=O)O. The third-order valence-corrected chi connectivity index (χ3v) is 2.28. The molecule has 0 saturated carbocycles. The van der Waals surface area contributed by atoms with Crippen molar-refractivity contribution in [3.05, 3.63) is 18.9 Å². The van der Waals surface area contributed by atoms with E-state index in [1.165, 1.54) is 6.33 Å². The molecule has 0 spiro atoms. The summed E-state index contributed by atoms with van der Waals surface area (Å²) in [6.45, 7) is 0.455. The van der Waals surface area contributed by atoms with E-state index in [1.807, 2.05) is 0 Å². The van der Waals surface area contributed by atoms with E-state index < -0.39 is 12.0 Å². The Kier molecular flexibility index (Phi) is 2.78. The van der Waals surface area contributed by atoms with Gasteiger partial charge < -0.3 is 15.4 Å². The minimum atomic E-state index is -1.01. The molecular weight excluding hydrogens is 210 g/mol. The second kappa shape index (κ2) is 4.23. The van der Waals surface area contributed by atoms with Gasteiger partial charge in [-0.1, -0.05) is 0 Å². The highest BCUT2D eigenvalue weighted by Crippen LogP contribution is 2.14. The van der Waals surface area contributed by atoms with Crippen molar-refractivity contribution in [3.8, 4) is 11.5 Å². The first kappa shape index (κ1) is 10.5. The van der Waals surface area contributed by atoms with Crippen molar-refractivity contribution in [2.24, 2.45) is 5.73 Å². The van der Waals surface area contributed by atoms with Gasteiger partial charge in [-0.25, -0.2) is 15.0 Å². The molecule has 1 unspecified atom stereocenters. The Hall–Kier alpha value is -2.02. The van der Waals surface area contributed by atoms with Crippen LogP contribution in [0.2, 0.25) is 0 Å². The number of hydrogen-bond acceptors (Lipinski definition) is 5. The molecule has 2 rings (SSSR count). The van der Waals surface area contributed by atoms with Crippen molar-refractivity contribution in [3.63, 3.8) is 0 Å². The number of aromatic nitrogens is 4. The molecule has 0 aliphatic carbocycles. The number of hydrogen-bond donors (Lipinski definition) is 2. The Balaban J connectivity index is 2.10. The normalized spacial score (nSPS) is 12.8. The number of fused-ring (bicyclic) bond motifs is 1. The highest BCUT2D eigenvalue weighted by molar-refractivity contribution is 5.72. The minimum Gasteiger partial charge on any atom is -0.480 e. The Bertz CT molecular complexity index is 469. The quantitative estimate of drug-likeness (QED) is 0.726. The molecule has 0 saturated heterocycles. The van der Waals surface area contributed by atoms with Crippen LogP contribution in [0.5, 0.6) is 0 Å². The molecule has 0 aromatic rings. The van der Waals surface area contributed by atoms with Crippen LogP contribution in [-0.4, -0.2) is 36.6 Å². The van der Waals surface area contributed by atoms with Gasteiger partial charge in [-0.3, -0.25) is 4.79 Å². The number of carboxylic acid groups (broad SMARTS) is 1. The molecule has 0 amide bonds. The molecule has 3 N–H and O–H groups in total. The summed E-state index contributed by atoms with van der Waals surface area (Å²) in [6, 6.07) is -0.870. The fourth-order valence-electron chi connectivity index (χ4n) is 1.39. The summed E-state index contributed by atoms with van der Waals surface area (Å²) in [4.78, 5) is 22.6. The first-order valence-electron chi connectivity index (χ1n) is 4.77. The monoisotopic (exact) mass is 221 g/mol. The van der Waals surface area contributed by atoms with Gasteiger partial charge in [0.2, 0.25) is 0 Å². The van der Waals surface area contributed by atoms with Crippen LogP contribution in [0, 0.1) is 0 Å². The minimum absolute atomic E-state index is 0.327. The second-order valence-corrected chi connectivity index (χ2v) is 3.40. The largest absolute Gasteiger partial charge is 0.480 e. The van der Waals surface area contributed by atoms with E-state index in [9.17, 15) is 4.79 Å². The average Bonchev–Trinajstić information content (AvgIpc) is 2.73. The standard InChI is InChI=1S/C9H11N5O2/c10-6(9(15)16)1-2-14-5-11-3-7-8(14)13-4-12-7/h3-6H,1-2,10H2,(H,15,16). The van der Waals surface area contributed by atoms with E-state index in [1.54, 1.807) is 17.1 Å². The third kappa shape index (κ3) is 1.98. The molecule has 0 aromatic carbocycles. The predicted octanol–water partition coefficient (Wildman–Crippen LogP) is -0.420. The fourth-order valence-corrected chi connectivity index (χ4v) is 1.39. The highest BCUT2D eigenvalue weighted by atomic mass is 16.4. The Labute approximate surface area is 91.3 Å². The van der Waals surface area contributed by atoms with Crippen molar-refractivity contribution in [1.29, 1.82) is 0 Å².